The standard InChI is InChI=1S/C16H19F2N3O4S/c1-9-4-11(5-13(17)15(9)18)19-16(23)14-6-12(7-21(14)3)26(24,25)20-10(2)8-22/h4-7,10,20,22H,8H2,1-3H3,(H,19,23)/t10-/m1/s1. The predicted molar refractivity (Wildman–Crippen MR) is 91.3 cm³/mol. The van der Waals surface area contributed by atoms with Gasteiger partial charge in [-0.05, 0) is 31.5 Å². The molecule has 142 valence electrons. The van der Waals surface area contributed by atoms with Gasteiger partial charge in [-0.15, -0.1) is 0 Å². The van der Waals surface area contributed by atoms with E-state index in [4.69, 9.17) is 5.11 Å². The predicted octanol–water partition coefficient (Wildman–Crippen LogP) is 1.52. The maximum atomic E-state index is 13.4. The molecule has 1 heterocycles. The third kappa shape index (κ3) is 4.26. The summed E-state index contributed by atoms with van der Waals surface area (Å²) in [5.74, 6) is -2.79. The number of aryl methyl sites for hydroxylation is 2. The number of hydrogen-bond donors (Lipinski definition) is 3. The van der Waals surface area contributed by atoms with Crippen LogP contribution in [0.1, 0.15) is 23.0 Å². The molecular formula is C16H19F2N3O4S. The van der Waals surface area contributed by atoms with E-state index in [1.54, 1.807) is 0 Å². The molecular weight excluding hydrogens is 368 g/mol. The average molecular weight is 387 g/mol. The van der Waals surface area contributed by atoms with E-state index in [1.165, 1.54) is 37.7 Å². The number of sulfonamides is 1. The SMILES string of the molecule is Cc1cc(NC(=O)c2cc(S(=O)(=O)N[C@H](C)CO)cn2C)cc(F)c1F. The van der Waals surface area contributed by atoms with Crippen molar-refractivity contribution in [2.45, 2.75) is 24.8 Å². The molecule has 1 aromatic heterocycles. The number of carbonyl (C=O) groups is 1. The summed E-state index contributed by atoms with van der Waals surface area (Å²) in [6.45, 7) is 2.46. The normalized spacial score (nSPS) is 12.8. The van der Waals surface area contributed by atoms with Crippen LogP contribution in [-0.2, 0) is 17.1 Å². The number of aliphatic hydroxyl groups is 1. The molecule has 1 aromatic carbocycles. The van der Waals surface area contributed by atoms with E-state index in [-0.39, 0.29) is 28.4 Å². The number of carbonyl (C=O) groups excluding carboxylic acids is 1. The molecule has 0 saturated heterocycles. The molecule has 10 heteroatoms. The van der Waals surface area contributed by atoms with Crippen LogP contribution in [0.5, 0.6) is 0 Å². The van der Waals surface area contributed by atoms with E-state index >= 15 is 0 Å². The molecule has 0 spiro atoms. The van der Waals surface area contributed by atoms with Crippen LogP contribution in [0, 0.1) is 18.6 Å². The lowest BCUT2D eigenvalue weighted by molar-refractivity contribution is 0.101. The van der Waals surface area contributed by atoms with E-state index < -0.39 is 33.6 Å². The fourth-order valence-corrected chi connectivity index (χ4v) is 3.57. The molecule has 0 aliphatic rings. The molecule has 0 aliphatic heterocycles. The maximum Gasteiger partial charge on any atom is 0.272 e. The summed E-state index contributed by atoms with van der Waals surface area (Å²) < 4.78 is 54.8. The van der Waals surface area contributed by atoms with Gasteiger partial charge in [-0.1, -0.05) is 0 Å². The van der Waals surface area contributed by atoms with Gasteiger partial charge < -0.3 is 15.0 Å². The highest BCUT2D eigenvalue weighted by Gasteiger charge is 2.22. The van der Waals surface area contributed by atoms with Crippen molar-refractivity contribution in [2.75, 3.05) is 11.9 Å². The number of halogens is 2. The number of rotatable bonds is 6. The fraction of sp³-hybridized carbons (Fsp3) is 0.312. The first-order valence-corrected chi connectivity index (χ1v) is 9.10. The van der Waals surface area contributed by atoms with E-state index in [0.717, 1.165) is 12.1 Å². The zero-order valence-corrected chi connectivity index (χ0v) is 15.2. The number of aromatic nitrogens is 1. The topological polar surface area (TPSA) is 100 Å². The molecule has 0 saturated carbocycles. The van der Waals surface area contributed by atoms with Gasteiger partial charge in [0.05, 0.1) is 6.61 Å². The Kier molecular flexibility index (Phi) is 5.79. The number of aliphatic hydroxyl groups excluding tert-OH is 1. The summed E-state index contributed by atoms with van der Waals surface area (Å²) in [5, 5.41) is 11.4. The van der Waals surface area contributed by atoms with E-state index in [9.17, 15) is 22.0 Å². The van der Waals surface area contributed by atoms with Gasteiger partial charge in [-0.2, -0.15) is 0 Å². The molecule has 2 aromatic rings. The Morgan fingerprint density at radius 3 is 2.54 bits per heavy atom. The molecule has 0 fully saturated rings. The van der Waals surface area contributed by atoms with Gasteiger partial charge in [0.1, 0.15) is 10.6 Å². The summed E-state index contributed by atoms with van der Waals surface area (Å²) in [6, 6.07) is 2.56. The number of hydrogen-bond acceptors (Lipinski definition) is 4. The van der Waals surface area contributed by atoms with Crippen LogP contribution >= 0.6 is 0 Å². The van der Waals surface area contributed by atoms with Crippen LogP contribution in [0.15, 0.2) is 29.3 Å². The van der Waals surface area contributed by atoms with Crippen LogP contribution in [-0.4, -0.2) is 36.6 Å². The second kappa shape index (κ2) is 7.52. The van der Waals surface area contributed by atoms with Crippen molar-refractivity contribution >= 4 is 21.6 Å². The molecule has 7 nitrogen and oxygen atoms in total. The highest BCUT2D eigenvalue weighted by atomic mass is 32.2. The number of benzene rings is 1. The van der Waals surface area contributed by atoms with Crippen LogP contribution in [0.25, 0.3) is 0 Å². The first kappa shape index (κ1) is 20.0. The highest BCUT2D eigenvalue weighted by Crippen LogP contribution is 2.20. The van der Waals surface area contributed by atoms with Gasteiger partial charge in [0.2, 0.25) is 10.0 Å². The zero-order chi connectivity index (χ0) is 19.6. The lowest BCUT2D eigenvalue weighted by Crippen LogP contribution is -2.34. The molecule has 26 heavy (non-hydrogen) atoms. The summed E-state index contributed by atoms with van der Waals surface area (Å²) in [5.41, 5.74) is 0.0751. The summed E-state index contributed by atoms with van der Waals surface area (Å²) in [4.78, 5) is 12.2. The van der Waals surface area contributed by atoms with Gasteiger partial charge in [-0.25, -0.2) is 21.9 Å². The fourth-order valence-electron chi connectivity index (χ4n) is 2.27. The summed E-state index contributed by atoms with van der Waals surface area (Å²) in [6.07, 6.45) is 1.23. The first-order chi connectivity index (χ1) is 12.0. The molecule has 0 aliphatic carbocycles. The Bertz CT molecular complexity index is 918. The van der Waals surface area contributed by atoms with Crippen LogP contribution < -0.4 is 10.0 Å². The number of anilines is 1. The smallest absolute Gasteiger partial charge is 0.272 e. The summed E-state index contributed by atoms with van der Waals surface area (Å²) >= 11 is 0. The molecule has 2 rings (SSSR count). The Morgan fingerprint density at radius 1 is 1.31 bits per heavy atom. The van der Waals surface area contributed by atoms with Crippen molar-refractivity contribution < 1.29 is 27.1 Å². The lowest BCUT2D eigenvalue weighted by atomic mass is 10.2. The molecule has 0 radical (unpaired) electrons. The average Bonchev–Trinajstić information content (AvgIpc) is 2.95. The van der Waals surface area contributed by atoms with Gasteiger partial charge >= 0.3 is 0 Å². The van der Waals surface area contributed by atoms with Gasteiger partial charge in [0.25, 0.3) is 5.91 Å². The zero-order valence-electron chi connectivity index (χ0n) is 14.4. The number of nitrogens with zero attached hydrogens (tertiary/aromatic N) is 1. The van der Waals surface area contributed by atoms with E-state index in [0.29, 0.717) is 0 Å². The van der Waals surface area contributed by atoms with Crippen LogP contribution in [0.4, 0.5) is 14.5 Å². The Labute approximate surface area is 149 Å². The van der Waals surface area contributed by atoms with Crippen molar-refractivity contribution in [1.29, 1.82) is 0 Å². The van der Waals surface area contributed by atoms with Crippen LogP contribution in [0.2, 0.25) is 0 Å². The van der Waals surface area contributed by atoms with Crippen molar-refractivity contribution in [3.05, 3.63) is 47.3 Å². The monoisotopic (exact) mass is 387 g/mol. The Morgan fingerprint density at radius 2 is 1.96 bits per heavy atom. The van der Waals surface area contributed by atoms with Gasteiger partial charge in [0.15, 0.2) is 11.6 Å². The van der Waals surface area contributed by atoms with Gasteiger partial charge in [-0.3, -0.25) is 4.79 Å². The molecule has 0 bridgehead atoms. The number of nitrogens with one attached hydrogen (secondary N) is 2. The minimum absolute atomic E-state index is 0.00409. The quantitative estimate of drug-likeness (QED) is 0.700. The van der Waals surface area contributed by atoms with E-state index in [2.05, 4.69) is 10.0 Å². The van der Waals surface area contributed by atoms with Crippen molar-refractivity contribution in [3.63, 3.8) is 0 Å². The second-order valence-electron chi connectivity index (χ2n) is 5.92. The largest absolute Gasteiger partial charge is 0.395 e. The Balaban J connectivity index is 2.27. The molecule has 0 unspecified atom stereocenters. The third-order valence-corrected chi connectivity index (χ3v) is 5.18. The minimum Gasteiger partial charge on any atom is -0.395 e. The lowest BCUT2D eigenvalue weighted by Gasteiger charge is -2.09. The maximum absolute atomic E-state index is 13.4. The van der Waals surface area contributed by atoms with Crippen molar-refractivity contribution in [3.8, 4) is 0 Å². The number of amides is 1. The second-order valence-corrected chi connectivity index (χ2v) is 7.63. The van der Waals surface area contributed by atoms with Crippen molar-refractivity contribution in [1.82, 2.24) is 9.29 Å². The van der Waals surface area contributed by atoms with Crippen LogP contribution in [0.3, 0.4) is 0 Å². The van der Waals surface area contributed by atoms with Crippen molar-refractivity contribution in [2.24, 2.45) is 7.05 Å². The first-order valence-electron chi connectivity index (χ1n) is 7.61. The molecule has 1 atom stereocenters. The summed E-state index contributed by atoms with van der Waals surface area (Å²) in [7, 11) is -2.45. The van der Waals surface area contributed by atoms with E-state index in [1.807, 2.05) is 0 Å². The molecule has 3 N–H and O–H groups in total. The Hall–Kier alpha value is -2.30. The third-order valence-electron chi connectivity index (χ3n) is 3.62. The van der Waals surface area contributed by atoms with Gasteiger partial charge in [0, 0.05) is 31.0 Å². The molecule has 1 amide bonds. The minimum atomic E-state index is -3.92. The highest BCUT2D eigenvalue weighted by molar-refractivity contribution is 7.89.